The molecule has 2 aromatic rings. The fraction of sp³-hybridized carbons (Fsp3) is 0.574. The number of benzene rings is 2. The van der Waals surface area contributed by atoms with E-state index in [0.29, 0.717) is 6.42 Å². The van der Waals surface area contributed by atoms with Crippen LogP contribution in [0.25, 0.3) is 17.2 Å². The van der Waals surface area contributed by atoms with E-state index in [-0.39, 0.29) is 17.4 Å². The lowest BCUT2D eigenvalue weighted by Crippen LogP contribution is -2.48. The maximum Gasteiger partial charge on any atom is 0.331 e. The van der Waals surface area contributed by atoms with Crippen LogP contribution in [-0.2, 0) is 19.7 Å². The van der Waals surface area contributed by atoms with Crippen LogP contribution in [0.5, 0.6) is 5.75 Å². The number of hydrogen-bond donors (Lipinski definition) is 0. The minimum absolute atomic E-state index is 0.0967. The molecule has 0 aliphatic heterocycles. The predicted octanol–water partition coefficient (Wildman–Crippen LogP) is 12.9. The van der Waals surface area contributed by atoms with E-state index in [4.69, 9.17) is 9.47 Å². The van der Waals surface area contributed by atoms with Gasteiger partial charge in [0.05, 0.1) is 0 Å². The van der Waals surface area contributed by atoms with Crippen LogP contribution in [0.15, 0.2) is 72.8 Å². The van der Waals surface area contributed by atoms with Crippen molar-refractivity contribution in [1.29, 1.82) is 0 Å². The SMILES string of the molecule is CCCCC/C=C/C/C=C/CCCCCCCC(=O)Oc1ccc(-c2ccc(/C=C/C(=O)OC(C)(C)C)cc2)cc1C12CC3CC(CC(C3)C1)C2. The summed E-state index contributed by atoms with van der Waals surface area (Å²) in [6.45, 7) is 7.86. The molecule has 0 unspecified atom stereocenters. The standard InChI is InChI=1S/C47H64O4/c1-5-6-7-8-9-10-11-12-13-14-15-16-17-18-19-20-44(48)50-43-27-26-41(32-42(43)47-33-37-29-38(34-47)31-39(30-37)35-47)40-24-21-36(22-25-40)23-28-45(49)51-46(2,3)4/h9-10,12-13,21-28,32,37-39H,5-8,11,14-20,29-31,33-35H2,1-4H3/b10-9+,13-12+,28-23+. The topological polar surface area (TPSA) is 52.6 Å². The summed E-state index contributed by atoms with van der Waals surface area (Å²) < 4.78 is 11.7. The van der Waals surface area contributed by atoms with Crippen molar-refractivity contribution in [2.45, 2.75) is 154 Å². The van der Waals surface area contributed by atoms with Gasteiger partial charge in [-0.3, -0.25) is 4.79 Å². The Morgan fingerprint density at radius 1 is 0.745 bits per heavy atom. The molecule has 0 amide bonds. The minimum Gasteiger partial charge on any atom is -0.457 e. The maximum atomic E-state index is 13.2. The Hall–Kier alpha value is -3.40. The Kier molecular flexibility index (Phi) is 14.4. The van der Waals surface area contributed by atoms with Crippen LogP contribution in [0.3, 0.4) is 0 Å². The van der Waals surface area contributed by atoms with E-state index in [1.54, 1.807) is 6.08 Å². The van der Waals surface area contributed by atoms with Gasteiger partial charge in [-0.05, 0) is 156 Å². The molecule has 0 atom stereocenters. The van der Waals surface area contributed by atoms with E-state index in [2.05, 4.69) is 61.6 Å². The van der Waals surface area contributed by atoms with Crippen LogP contribution in [-0.4, -0.2) is 17.5 Å². The van der Waals surface area contributed by atoms with Crippen molar-refractivity contribution in [2.24, 2.45) is 17.8 Å². The highest BCUT2D eigenvalue weighted by molar-refractivity contribution is 5.87. The van der Waals surface area contributed by atoms with Crippen LogP contribution in [0, 0.1) is 17.8 Å². The van der Waals surface area contributed by atoms with Gasteiger partial charge in [0.25, 0.3) is 0 Å². The zero-order valence-electron chi connectivity index (χ0n) is 32.1. The molecule has 2 aromatic carbocycles. The second-order valence-electron chi connectivity index (χ2n) is 16.9. The fourth-order valence-electron chi connectivity index (χ4n) is 9.19. The van der Waals surface area contributed by atoms with Gasteiger partial charge in [-0.1, -0.05) is 93.7 Å². The van der Waals surface area contributed by atoms with Gasteiger partial charge >= 0.3 is 11.9 Å². The Bertz CT molecular complexity index is 1470. The zero-order valence-corrected chi connectivity index (χ0v) is 32.1. The molecule has 4 fully saturated rings. The van der Waals surface area contributed by atoms with Crippen molar-refractivity contribution in [1.82, 2.24) is 0 Å². The van der Waals surface area contributed by atoms with Gasteiger partial charge in [0.2, 0.25) is 0 Å². The van der Waals surface area contributed by atoms with E-state index >= 15 is 0 Å². The van der Waals surface area contributed by atoms with Gasteiger partial charge in [0.1, 0.15) is 11.4 Å². The Morgan fingerprint density at radius 3 is 1.96 bits per heavy atom. The first-order valence-electron chi connectivity index (χ1n) is 20.3. The molecular weight excluding hydrogens is 629 g/mol. The Labute approximate surface area is 309 Å². The van der Waals surface area contributed by atoms with Crippen molar-refractivity contribution >= 4 is 18.0 Å². The highest BCUT2D eigenvalue weighted by atomic mass is 16.6. The summed E-state index contributed by atoms with van der Waals surface area (Å²) in [7, 11) is 0. The molecule has 0 N–H and O–H groups in total. The number of ether oxygens (including phenoxy) is 2. The quantitative estimate of drug-likeness (QED) is 0.0483. The van der Waals surface area contributed by atoms with E-state index in [9.17, 15) is 9.59 Å². The smallest absolute Gasteiger partial charge is 0.331 e. The summed E-state index contributed by atoms with van der Waals surface area (Å²) in [5.74, 6) is 2.74. The van der Waals surface area contributed by atoms with Crippen LogP contribution >= 0.6 is 0 Å². The molecule has 4 nitrogen and oxygen atoms in total. The van der Waals surface area contributed by atoms with Crippen molar-refractivity contribution in [3.8, 4) is 16.9 Å². The summed E-state index contributed by atoms with van der Waals surface area (Å²) in [5, 5.41) is 0. The molecule has 0 heterocycles. The summed E-state index contributed by atoms with van der Waals surface area (Å²) in [6, 6.07) is 14.8. The number of rotatable bonds is 19. The second-order valence-corrected chi connectivity index (χ2v) is 16.9. The van der Waals surface area contributed by atoms with E-state index < -0.39 is 5.60 Å². The monoisotopic (exact) mass is 692 g/mol. The number of hydrogen-bond acceptors (Lipinski definition) is 4. The molecule has 0 spiro atoms. The number of carbonyl (C=O) groups is 2. The lowest BCUT2D eigenvalue weighted by molar-refractivity contribution is -0.148. The molecular formula is C47H64O4. The molecule has 4 bridgehead atoms. The molecule has 4 heteroatoms. The molecule has 4 saturated carbocycles. The molecule has 0 saturated heterocycles. The van der Waals surface area contributed by atoms with Gasteiger partial charge in [-0.25, -0.2) is 4.79 Å². The van der Waals surface area contributed by atoms with Gasteiger partial charge in [-0.15, -0.1) is 0 Å². The summed E-state index contributed by atoms with van der Waals surface area (Å²) in [5.41, 5.74) is 4.07. The fourth-order valence-corrected chi connectivity index (χ4v) is 9.19. The van der Waals surface area contributed by atoms with E-state index in [1.165, 1.54) is 95.1 Å². The molecule has 0 radical (unpaired) electrons. The first-order valence-corrected chi connectivity index (χ1v) is 20.3. The third-order valence-electron chi connectivity index (χ3n) is 11.2. The highest BCUT2D eigenvalue weighted by Crippen LogP contribution is 2.62. The minimum atomic E-state index is -0.511. The third kappa shape index (κ3) is 12.1. The average Bonchev–Trinajstić information content (AvgIpc) is 3.08. The number of unbranched alkanes of at least 4 members (excludes halogenated alkanes) is 8. The van der Waals surface area contributed by atoms with Gasteiger partial charge in [0, 0.05) is 18.1 Å². The van der Waals surface area contributed by atoms with Crippen LogP contribution in [0.2, 0.25) is 0 Å². The maximum absolute atomic E-state index is 13.2. The molecule has 51 heavy (non-hydrogen) atoms. The zero-order chi connectivity index (χ0) is 36.1. The lowest BCUT2D eigenvalue weighted by atomic mass is 9.48. The number of carbonyl (C=O) groups excluding carboxylic acids is 2. The van der Waals surface area contributed by atoms with Crippen molar-refractivity contribution < 1.29 is 19.1 Å². The summed E-state index contributed by atoms with van der Waals surface area (Å²) >= 11 is 0. The van der Waals surface area contributed by atoms with Crippen LogP contribution in [0.1, 0.15) is 154 Å². The van der Waals surface area contributed by atoms with Crippen LogP contribution in [0.4, 0.5) is 0 Å². The van der Waals surface area contributed by atoms with Crippen LogP contribution < -0.4 is 4.74 Å². The second kappa shape index (κ2) is 18.9. The number of esters is 2. The number of allylic oxidation sites excluding steroid dienone is 4. The molecule has 0 aromatic heterocycles. The van der Waals surface area contributed by atoms with Crippen molar-refractivity contribution in [3.05, 3.63) is 84.0 Å². The van der Waals surface area contributed by atoms with E-state index in [1.807, 2.05) is 32.9 Å². The summed E-state index contributed by atoms with van der Waals surface area (Å²) in [6.07, 6.45) is 33.6. The van der Waals surface area contributed by atoms with E-state index in [0.717, 1.165) is 65.9 Å². The van der Waals surface area contributed by atoms with Crippen molar-refractivity contribution in [3.63, 3.8) is 0 Å². The summed E-state index contributed by atoms with van der Waals surface area (Å²) in [4.78, 5) is 25.4. The Balaban J connectivity index is 1.15. The molecule has 6 rings (SSSR count). The van der Waals surface area contributed by atoms with Crippen molar-refractivity contribution in [2.75, 3.05) is 0 Å². The average molecular weight is 693 g/mol. The third-order valence-corrected chi connectivity index (χ3v) is 11.2. The lowest BCUT2D eigenvalue weighted by Gasteiger charge is -2.57. The largest absolute Gasteiger partial charge is 0.457 e. The first kappa shape index (κ1) is 38.8. The molecule has 4 aliphatic rings. The normalized spacial score (nSPS) is 22.8. The van der Waals surface area contributed by atoms with Gasteiger partial charge < -0.3 is 9.47 Å². The molecule has 276 valence electrons. The first-order chi connectivity index (χ1) is 24.6. The highest BCUT2D eigenvalue weighted by Gasteiger charge is 2.52. The Morgan fingerprint density at radius 2 is 1.33 bits per heavy atom. The molecule has 4 aliphatic carbocycles. The predicted molar refractivity (Wildman–Crippen MR) is 212 cm³/mol. The van der Waals surface area contributed by atoms with Gasteiger partial charge in [0.15, 0.2) is 0 Å². The van der Waals surface area contributed by atoms with Gasteiger partial charge in [-0.2, -0.15) is 0 Å².